The van der Waals surface area contributed by atoms with E-state index in [1.54, 1.807) is 0 Å². The third kappa shape index (κ3) is 3.03. The van der Waals surface area contributed by atoms with E-state index >= 15 is 0 Å². The zero-order valence-corrected chi connectivity index (χ0v) is 11.4. The molecule has 2 heterocycles. The van der Waals surface area contributed by atoms with E-state index in [2.05, 4.69) is 43.8 Å². The molecule has 1 saturated heterocycles. The Morgan fingerprint density at radius 2 is 2.12 bits per heavy atom. The van der Waals surface area contributed by atoms with Crippen LogP contribution in [-0.2, 0) is 0 Å². The van der Waals surface area contributed by atoms with Crippen molar-refractivity contribution in [3.8, 4) is 0 Å². The van der Waals surface area contributed by atoms with E-state index in [0.29, 0.717) is 11.8 Å². The third-order valence-corrected chi connectivity index (χ3v) is 3.45. The molecule has 3 heteroatoms. The predicted molar refractivity (Wildman–Crippen MR) is 70.3 cm³/mol. The molecule has 0 aromatic carbocycles. The minimum atomic E-state index is 0.412. The van der Waals surface area contributed by atoms with Crippen LogP contribution in [0.5, 0.6) is 0 Å². The summed E-state index contributed by atoms with van der Waals surface area (Å²) >= 11 is 0. The average molecular weight is 233 g/mol. The molecular formula is C14H23N3. The quantitative estimate of drug-likeness (QED) is 0.786. The summed E-state index contributed by atoms with van der Waals surface area (Å²) in [6.45, 7) is 8.74. The lowest BCUT2D eigenvalue weighted by molar-refractivity contribution is 0.248. The van der Waals surface area contributed by atoms with Gasteiger partial charge in [0.2, 0.25) is 0 Å². The summed E-state index contributed by atoms with van der Waals surface area (Å²) < 4.78 is 0. The minimum absolute atomic E-state index is 0.412. The normalized spacial score (nSPS) is 22.1. The van der Waals surface area contributed by atoms with E-state index in [-0.39, 0.29) is 0 Å². The zero-order chi connectivity index (χ0) is 12.4. The van der Waals surface area contributed by atoms with Crippen LogP contribution in [0.2, 0.25) is 0 Å². The molecule has 0 spiro atoms. The van der Waals surface area contributed by atoms with E-state index in [4.69, 9.17) is 4.98 Å². The first-order valence-electron chi connectivity index (χ1n) is 6.60. The Bertz CT molecular complexity index is 387. The summed E-state index contributed by atoms with van der Waals surface area (Å²) in [5, 5.41) is 0. The standard InChI is InChI=1S/C14H23N3/c1-10(2)14-15-11(3)8-13(16-14)12-6-5-7-17(4)9-12/h8,10,12H,5-7,9H2,1-4H3. The van der Waals surface area contributed by atoms with Crippen molar-refractivity contribution >= 4 is 0 Å². The first-order valence-corrected chi connectivity index (χ1v) is 6.60. The highest BCUT2D eigenvalue weighted by Crippen LogP contribution is 2.26. The number of rotatable bonds is 2. The number of hydrogen-bond acceptors (Lipinski definition) is 3. The highest BCUT2D eigenvalue weighted by atomic mass is 15.1. The molecule has 94 valence electrons. The molecular weight excluding hydrogens is 210 g/mol. The van der Waals surface area contributed by atoms with Crippen molar-refractivity contribution in [1.82, 2.24) is 14.9 Å². The Hall–Kier alpha value is -0.960. The SMILES string of the molecule is Cc1cc(C2CCCN(C)C2)nc(C(C)C)n1. The molecule has 0 bridgehead atoms. The van der Waals surface area contributed by atoms with E-state index < -0.39 is 0 Å². The van der Waals surface area contributed by atoms with Gasteiger partial charge in [0.15, 0.2) is 0 Å². The Balaban J connectivity index is 2.25. The van der Waals surface area contributed by atoms with E-state index in [0.717, 1.165) is 18.1 Å². The third-order valence-electron chi connectivity index (χ3n) is 3.45. The summed E-state index contributed by atoms with van der Waals surface area (Å²) in [4.78, 5) is 11.7. The summed E-state index contributed by atoms with van der Waals surface area (Å²) in [5.41, 5.74) is 2.35. The van der Waals surface area contributed by atoms with Crippen LogP contribution in [0.15, 0.2) is 6.07 Å². The molecule has 1 aliphatic heterocycles. The van der Waals surface area contributed by atoms with Crippen LogP contribution in [0.1, 0.15) is 55.7 Å². The predicted octanol–water partition coefficient (Wildman–Crippen LogP) is 2.72. The van der Waals surface area contributed by atoms with Crippen molar-refractivity contribution in [1.29, 1.82) is 0 Å². The van der Waals surface area contributed by atoms with Gasteiger partial charge in [-0.05, 0) is 39.4 Å². The Morgan fingerprint density at radius 1 is 1.35 bits per heavy atom. The molecule has 2 rings (SSSR count). The summed E-state index contributed by atoms with van der Waals surface area (Å²) in [7, 11) is 2.20. The largest absolute Gasteiger partial charge is 0.306 e. The van der Waals surface area contributed by atoms with Crippen molar-refractivity contribution in [2.45, 2.75) is 45.4 Å². The Labute approximate surface area is 104 Å². The molecule has 1 atom stereocenters. The Morgan fingerprint density at radius 3 is 2.76 bits per heavy atom. The maximum absolute atomic E-state index is 4.75. The lowest BCUT2D eigenvalue weighted by Gasteiger charge is -2.29. The van der Waals surface area contributed by atoms with Gasteiger partial charge in [-0.3, -0.25) is 0 Å². The number of aromatic nitrogens is 2. The molecule has 1 unspecified atom stereocenters. The van der Waals surface area contributed by atoms with Crippen LogP contribution >= 0.6 is 0 Å². The van der Waals surface area contributed by atoms with Gasteiger partial charge in [0.1, 0.15) is 5.82 Å². The molecule has 1 aromatic rings. The number of piperidine rings is 1. The number of likely N-dealkylation sites (tertiary alicyclic amines) is 1. The van der Waals surface area contributed by atoms with Crippen LogP contribution in [0.25, 0.3) is 0 Å². The fraction of sp³-hybridized carbons (Fsp3) is 0.714. The molecule has 3 nitrogen and oxygen atoms in total. The van der Waals surface area contributed by atoms with Gasteiger partial charge in [0.25, 0.3) is 0 Å². The van der Waals surface area contributed by atoms with Gasteiger partial charge < -0.3 is 4.90 Å². The van der Waals surface area contributed by atoms with Crippen molar-refractivity contribution in [2.24, 2.45) is 0 Å². The monoisotopic (exact) mass is 233 g/mol. The highest BCUT2D eigenvalue weighted by molar-refractivity contribution is 5.16. The van der Waals surface area contributed by atoms with Crippen LogP contribution in [0, 0.1) is 6.92 Å². The van der Waals surface area contributed by atoms with Crippen LogP contribution in [0.3, 0.4) is 0 Å². The van der Waals surface area contributed by atoms with Gasteiger partial charge in [-0.2, -0.15) is 0 Å². The maximum atomic E-state index is 4.75. The molecule has 1 aromatic heterocycles. The van der Waals surface area contributed by atoms with Crippen LogP contribution in [-0.4, -0.2) is 35.0 Å². The molecule has 17 heavy (non-hydrogen) atoms. The van der Waals surface area contributed by atoms with Gasteiger partial charge in [-0.25, -0.2) is 9.97 Å². The lowest BCUT2D eigenvalue weighted by Crippen LogP contribution is -2.31. The summed E-state index contributed by atoms with van der Waals surface area (Å²) in [6, 6.07) is 2.16. The molecule has 0 amide bonds. The van der Waals surface area contributed by atoms with Crippen molar-refractivity contribution in [3.63, 3.8) is 0 Å². The van der Waals surface area contributed by atoms with Gasteiger partial charge in [0, 0.05) is 29.8 Å². The van der Waals surface area contributed by atoms with E-state index in [1.807, 2.05) is 0 Å². The summed E-state index contributed by atoms with van der Waals surface area (Å²) in [5.74, 6) is 2.00. The second kappa shape index (κ2) is 5.13. The summed E-state index contributed by atoms with van der Waals surface area (Å²) in [6.07, 6.45) is 2.54. The average Bonchev–Trinajstić information content (AvgIpc) is 2.28. The molecule has 1 fully saturated rings. The topological polar surface area (TPSA) is 29.0 Å². The van der Waals surface area contributed by atoms with Gasteiger partial charge >= 0.3 is 0 Å². The zero-order valence-electron chi connectivity index (χ0n) is 11.4. The number of nitrogens with zero attached hydrogens (tertiary/aromatic N) is 3. The second-order valence-electron chi connectivity index (χ2n) is 5.55. The van der Waals surface area contributed by atoms with Crippen molar-refractivity contribution < 1.29 is 0 Å². The molecule has 0 radical (unpaired) electrons. The van der Waals surface area contributed by atoms with Crippen LogP contribution in [0.4, 0.5) is 0 Å². The molecule has 0 saturated carbocycles. The number of likely N-dealkylation sites (N-methyl/N-ethyl adjacent to an activating group) is 1. The molecule has 0 aliphatic carbocycles. The Kier molecular flexibility index (Phi) is 3.77. The first kappa shape index (κ1) is 12.5. The fourth-order valence-corrected chi connectivity index (χ4v) is 2.49. The van der Waals surface area contributed by atoms with Gasteiger partial charge in [-0.15, -0.1) is 0 Å². The van der Waals surface area contributed by atoms with Gasteiger partial charge in [-0.1, -0.05) is 13.8 Å². The fourth-order valence-electron chi connectivity index (χ4n) is 2.49. The van der Waals surface area contributed by atoms with Crippen molar-refractivity contribution in [2.75, 3.05) is 20.1 Å². The van der Waals surface area contributed by atoms with Crippen LogP contribution < -0.4 is 0 Å². The number of hydrogen-bond donors (Lipinski definition) is 0. The minimum Gasteiger partial charge on any atom is -0.306 e. The van der Waals surface area contributed by atoms with Gasteiger partial charge in [0.05, 0.1) is 0 Å². The lowest BCUT2D eigenvalue weighted by atomic mass is 9.94. The molecule has 0 N–H and O–H groups in total. The molecule has 1 aliphatic rings. The maximum Gasteiger partial charge on any atom is 0.131 e. The smallest absolute Gasteiger partial charge is 0.131 e. The van der Waals surface area contributed by atoms with E-state index in [9.17, 15) is 0 Å². The second-order valence-corrected chi connectivity index (χ2v) is 5.55. The highest BCUT2D eigenvalue weighted by Gasteiger charge is 2.21. The first-order chi connectivity index (χ1) is 8.06. The van der Waals surface area contributed by atoms with Crippen molar-refractivity contribution in [3.05, 3.63) is 23.3 Å². The number of aryl methyl sites for hydroxylation is 1. The van der Waals surface area contributed by atoms with E-state index in [1.165, 1.54) is 25.1 Å².